The maximum absolute atomic E-state index is 13.8. The summed E-state index contributed by atoms with van der Waals surface area (Å²) in [5, 5.41) is 10.6. The number of aryl methyl sites for hydroxylation is 2. The predicted octanol–water partition coefficient (Wildman–Crippen LogP) is 3.35. The van der Waals surface area contributed by atoms with E-state index in [1.165, 1.54) is 4.68 Å². The lowest BCUT2D eigenvalue weighted by molar-refractivity contribution is -0.141. The number of amides is 4. The van der Waals surface area contributed by atoms with Crippen LogP contribution in [-0.4, -0.2) is 55.4 Å². The quantitative estimate of drug-likeness (QED) is 0.291. The van der Waals surface area contributed by atoms with E-state index in [9.17, 15) is 19.2 Å². The molecule has 2 aliphatic rings. The Morgan fingerprint density at radius 2 is 1.77 bits per heavy atom. The van der Waals surface area contributed by atoms with Crippen LogP contribution in [-0.2, 0) is 27.3 Å². The summed E-state index contributed by atoms with van der Waals surface area (Å²) in [7, 11) is 0. The van der Waals surface area contributed by atoms with Gasteiger partial charge in [0.15, 0.2) is 5.69 Å². The van der Waals surface area contributed by atoms with E-state index in [1.807, 2.05) is 50.2 Å². The molecule has 2 aromatic carbocycles. The Hall–Kier alpha value is -5.06. The van der Waals surface area contributed by atoms with Gasteiger partial charge >= 0.3 is 0 Å². The number of nitrogens with one attached hydrogen (secondary N) is 2. The van der Waals surface area contributed by atoms with Crippen LogP contribution in [0.15, 0.2) is 60.7 Å². The largest absolute Gasteiger partial charge is 0.364 e. The Kier molecular flexibility index (Phi) is 7.39. The average molecular weight is 580 g/mol. The molecule has 3 atom stereocenters. The van der Waals surface area contributed by atoms with Crippen molar-refractivity contribution in [3.8, 4) is 0 Å². The summed E-state index contributed by atoms with van der Waals surface area (Å²) in [5.41, 5.74) is 9.43. The molecule has 1 saturated carbocycles. The number of rotatable bonds is 8. The molecule has 43 heavy (non-hydrogen) atoms. The van der Waals surface area contributed by atoms with Gasteiger partial charge in [-0.25, -0.2) is 4.98 Å². The fraction of sp³-hybridized carbons (Fsp3) is 0.312. The topological polar surface area (TPSA) is 152 Å². The zero-order valence-corrected chi connectivity index (χ0v) is 24.0. The molecule has 0 spiro atoms. The molecule has 220 valence electrons. The van der Waals surface area contributed by atoms with Gasteiger partial charge in [0.2, 0.25) is 17.7 Å². The molecule has 4 aromatic rings. The fourth-order valence-electron chi connectivity index (χ4n) is 6.36. The third-order valence-electron chi connectivity index (χ3n) is 8.32. The van der Waals surface area contributed by atoms with E-state index in [1.54, 1.807) is 29.2 Å². The number of primary amides is 1. The molecule has 1 saturated heterocycles. The molecule has 4 amide bonds. The number of benzene rings is 2. The molecule has 0 unspecified atom stereocenters. The number of anilines is 2. The minimum Gasteiger partial charge on any atom is -0.364 e. The molecule has 11 nitrogen and oxygen atoms in total. The number of carbonyl (C=O) groups is 4. The van der Waals surface area contributed by atoms with Crippen LogP contribution in [0.1, 0.15) is 46.6 Å². The number of fused-ring (bicyclic) bond motifs is 3. The molecule has 2 bridgehead atoms. The van der Waals surface area contributed by atoms with E-state index in [-0.39, 0.29) is 48.3 Å². The van der Waals surface area contributed by atoms with Crippen LogP contribution in [0.2, 0.25) is 0 Å². The van der Waals surface area contributed by atoms with Crippen LogP contribution in [0.3, 0.4) is 0 Å². The van der Waals surface area contributed by atoms with Crippen molar-refractivity contribution in [1.29, 1.82) is 0 Å². The standard InChI is InChI=1S/C32H33N7O4/c1-18-6-8-20(9-7-18)14-27(40)35-22-11-13-25-24(16-22)29(31(33)42)37-38(25)17-28(41)39-23-12-10-21(15-23)30(39)32(43)36-26-5-3-4-19(2)34-26/h3-9,11,13,16,21,23,30H,10,12,14-15,17H2,1-2H3,(H2,33,42)(H,35,40)(H,34,36,43)/t21-,23+,30-/m0/s1. The first-order valence-corrected chi connectivity index (χ1v) is 14.4. The van der Waals surface area contributed by atoms with Crippen LogP contribution in [0.5, 0.6) is 0 Å². The molecule has 3 heterocycles. The van der Waals surface area contributed by atoms with E-state index in [4.69, 9.17) is 5.73 Å². The number of piperidine rings is 1. The van der Waals surface area contributed by atoms with Crippen LogP contribution in [0.4, 0.5) is 11.5 Å². The SMILES string of the molecule is Cc1ccc(CC(=O)Nc2ccc3c(c2)c(C(N)=O)nn3CC(=O)N2[C@@H]3CC[C@@H](C3)[C@H]2C(=O)Nc2cccc(C)n2)cc1. The molecular formula is C32H33N7O4. The van der Waals surface area contributed by atoms with Crippen LogP contribution >= 0.6 is 0 Å². The first kappa shape index (κ1) is 28.1. The van der Waals surface area contributed by atoms with E-state index in [2.05, 4.69) is 20.7 Å². The molecule has 6 rings (SSSR count). The van der Waals surface area contributed by atoms with Crippen molar-refractivity contribution >= 4 is 46.0 Å². The highest BCUT2D eigenvalue weighted by molar-refractivity contribution is 6.06. The Labute approximate surface area is 248 Å². The lowest BCUT2D eigenvalue weighted by atomic mass is 9.97. The molecule has 2 aromatic heterocycles. The van der Waals surface area contributed by atoms with Crippen molar-refractivity contribution in [3.05, 3.63) is 83.2 Å². The van der Waals surface area contributed by atoms with E-state index in [0.717, 1.165) is 36.1 Å². The van der Waals surface area contributed by atoms with Gasteiger partial charge in [-0.3, -0.25) is 23.9 Å². The average Bonchev–Trinajstić information content (AvgIpc) is 3.68. The molecule has 1 aliphatic heterocycles. The third-order valence-corrected chi connectivity index (χ3v) is 8.32. The van der Waals surface area contributed by atoms with Gasteiger partial charge < -0.3 is 21.3 Å². The molecular weight excluding hydrogens is 546 g/mol. The monoisotopic (exact) mass is 579 g/mol. The van der Waals surface area contributed by atoms with Gasteiger partial charge in [0.05, 0.1) is 11.9 Å². The fourth-order valence-corrected chi connectivity index (χ4v) is 6.36. The van der Waals surface area contributed by atoms with Gasteiger partial charge in [0, 0.05) is 22.8 Å². The third kappa shape index (κ3) is 5.70. The first-order chi connectivity index (χ1) is 20.7. The number of aromatic nitrogens is 3. The minimum atomic E-state index is -0.748. The van der Waals surface area contributed by atoms with E-state index >= 15 is 0 Å². The number of nitrogens with zero attached hydrogens (tertiary/aromatic N) is 4. The number of carbonyl (C=O) groups excluding carboxylic acids is 4. The number of hydrogen-bond acceptors (Lipinski definition) is 6. The van der Waals surface area contributed by atoms with Crippen LogP contribution in [0.25, 0.3) is 10.9 Å². The zero-order valence-electron chi connectivity index (χ0n) is 24.0. The maximum atomic E-state index is 13.8. The van der Waals surface area contributed by atoms with Gasteiger partial charge in [-0.1, -0.05) is 35.9 Å². The lowest BCUT2D eigenvalue weighted by Gasteiger charge is -2.34. The van der Waals surface area contributed by atoms with Crippen LogP contribution < -0.4 is 16.4 Å². The predicted molar refractivity (Wildman–Crippen MR) is 161 cm³/mol. The highest BCUT2D eigenvalue weighted by Gasteiger charge is 2.51. The van der Waals surface area contributed by atoms with Crippen molar-refractivity contribution in [2.24, 2.45) is 11.7 Å². The number of pyridine rings is 1. The first-order valence-electron chi connectivity index (χ1n) is 14.4. The lowest BCUT2D eigenvalue weighted by Crippen LogP contribution is -2.52. The van der Waals surface area contributed by atoms with Gasteiger partial charge in [-0.15, -0.1) is 0 Å². The summed E-state index contributed by atoms with van der Waals surface area (Å²) >= 11 is 0. The Balaban J connectivity index is 1.21. The number of nitrogens with two attached hydrogens (primary N) is 1. The van der Waals surface area contributed by atoms with Crippen molar-refractivity contribution < 1.29 is 19.2 Å². The summed E-state index contributed by atoms with van der Waals surface area (Å²) in [6.07, 6.45) is 2.67. The number of likely N-dealkylation sites (tertiary alicyclic amines) is 1. The van der Waals surface area contributed by atoms with Crippen molar-refractivity contribution in [3.63, 3.8) is 0 Å². The smallest absolute Gasteiger partial charge is 0.269 e. The Bertz CT molecular complexity index is 1750. The van der Waals surface area contributed by atoms with Crippen molar-refractivity contribution in [2.75, 3.05) is 10.6 Å². The van der Waals surface area contributed by atoms with Crippen LogP contribution in [0, 0.1) is 19.8 Å². The number of hydrogen-bond donors (Lipinski definition) is 3. The summed E-state index contributed by atoms with van der Waals surface area (Å²) in [6.45, 7) is 3.66. The molecule has 11 heteroatoms. The second-order valence-corrected chi connectivity index (χ2v) is 11.4. The highest BCUT2D eigenvalue weighted by atomic mass is 16.2. The second kappa shape index (κ2) is 11.3. The van der Waals surface area contributed by atoms with Gasteiger partial charge in [0.1, 0.15) is 18.4 Å². The normalized spacial score (nSPS) is 19.0. The molecule has 4 N–H and O–H groups in total. The van der Waals surface area contributed by atoms with Gasteiger partial charge in [-0.05, 0) is 74.9 Å². The summed E-state index contributed by atoms with van der Waals surface area (Å²) < 4.78 is 1.44. The Morgan fingerprint density at radius 3 is 2.51 bits per heavy atom. The van der Waals surface area contributed by atoms with Crippen molar-refractivity contribution in [1.82, 2.24) is 19.7 Å². The minimum absolute atomic E-state index is 0.000177. The maximum Gasteiger partial charge on any atom is 0.269 e. The molecule has 1 aliphatic carbocycles. The molecule has 2 fully saturated rings. The van der Waals surface area contributed by atoms with E-state index < -0.39 is 11.9 Å². The van der Waals surface area contributed by atoms with E-state index in [0.29, 0.717) is 22.4 Å². The Morgan fingerprint density at radius 1 is 0.977 bits per heavy atom. The molecule has 0 radical (unpaired) electrons. The van der Waals surface area contributed by atoms with Gasteiger partial charge in [0.25, 0.3) is 5.91 Å². The second-order valence-electron chi connectivity index (χ2n) is 11.4. The van der Waals surface area contributed by atoms with Gasteiger partial charge in [-0.2, -0.15) is 5.10 Å². The zero-order chi connectivity index (χ0) is 30.2. The highest BCUT2D eigenvalue weighted by Crippen LogP contribution is 2.43. The summed E-state index contributed by atoms with van der Waals surface area (Å²) in [5.74, 6) is -0.956. The van der Waals surface area contributed by atoms with Crippen molar-refractivity contribution in [2.45, 2.75) is 58.2 Å². The summed E-state index contributed by atoms with van der Waals surface area (Å²) in [4.78, 5) is 58.2. The summed E-state index contributed by atoms with van der Waals surface area (Å²) in [6, 6.07) is 17.5.